The molecule has 18 heavy (non-hydrogen) atoms. The van der Waals surface area contributed by atoms with Gasteiger partial charge in [0.1, 0.15) is 5.69 Å². The fourth-order valence-electron chi connectivity index (χ4n) is 2.28. The van der Waals surface area contributed by atoms with Crippen LogP contribution in [0.1, 0.15) is 19.3 Å². The average Bonchev–Trinajstić information content (AvgIpc) is 2.79. The van der Waals surface area contributed by atoms with Crippen molar-refractivity contribution in [2.75, 3.05) is 11.6 Å². The Balaban J connectivity index is 2.12. The second kappa shape index (κ2) is 5.80. The van der Waals surface area contributed by atoms with Crippen LogP contribution >= 0.6 is 23.4 Å². The fourth-order valence-corrected chi connectivity index (χ4v) is 3.25. The maximum Gasteiger partial charge on any atom is 0.293 e. The second-order valence-corrected chi connectivity index (χ2v) is 6.01. The molecule has 2 unspecified atom stereocenters. The first kappa shape index (κ1) is 13.5. The summed E-state index contributed by atoms with van der Waals surface area (Å²) in [5.41, 5.74) is 0.617. The number of nitro groups is 1. The Morgan fingerprint density at radius 1 is 1.50 bits per heavy atom. The third-order valence-electron chi connectivity index (χ3n) is 3.23. The van der Waals surface area contributed by atoms with E-state index >= 15 is 0 Å². The van der Waals surface area contributed by atoms with Crippen molar-refractivity contribution in [3.05, 3.63) is 33.3 Å². The minimum atomic E-state index is -0.394. The van der Waals surface area contributed by atoms with Crippen LogP contribution in [0.2, 0.25) is 5.02 Å². The van der Waals surface area contributed by atoms with Crippen molar-refractivity contribution in [1.82, 2.24) is 0 Å². The summed E-state index contributed by atoms with van der Waals surface area (Å²) in [7, 11) is 0. The van der Waals surface area contributed by atoms with Crippen molar-refractivity contribution in [3.63, 3.8) is 0 Å². The van der Waals surface area contributed by atoms with Crippen LogP contribution in [0.15, 0.2) is 18.2 Å². The van der Waals surface area contributed by atoms with Crippen LogP contribution in [-0.4, -0.2) is 22.5 Å². The molecule has 1 aliphatic carbocycles. The van der Waals surface area contributed by atoms with Crippen molar-refractivity contribution in [1.29, 1.82) is 0 Å². The summed E-state index contributed by atoms with van der Waals surface area (Å²) < 4.78 is 0. The lowest BCUT2D eigenvalue weighted by molar-refractivity contribution is -0.384. The van der Waals surface area contributed by atoms with E-state index < -0.39 is 4.92 Å². The standard InChI is InChI=1S/C12H15ClN2O2S/c1-18-10-4-3-9(7-10)14-11-5-2-8(13)6-12(11)15(16)17/h2,5-6,9-10,14H,3-4,7H2,1H3. The van der Waals surface area contributed by atoms with E-state index in [2.05, 4.69) is 11.6 Å². The number of nitro benzene ring substituents is 1. The SMILES string of the molecule is CSC1CCC(Nc2ccc(Cl)cc2[N+](=O)[O-])C1. The van der Waals surface area contributed by atoms with E-state index in [0.29, 0.717) is 22.0 Å². The van der Waals surface area contributed by atoms with Gasteiger partial charge in [-0.05, 0) is 37.7 Å². The van der Waals surface area contributed by atoms with Gasteiger partial charge < -0.3 is 5.32 Å². The molecule has 0 aromatic heterocycles. The molecule has 2 rings (SSSR count). The van der Waals surface area contributed by atoms with Crippen LogP contribution in [0.25, 0.3) is 0 Å². The van der Waals surface area contributed by atoms with Gasteiger partial charge in [-0.25, -0.2) is 0 Å². The van der Waals surface area contributed by atoms with Crippen molar-refractivity contribution >= 4 is 34.7 Å². The summed E-state index contributed by atoms with van der Waals surface area (Å²) in [6, 6.07) is 5.08. The molecule has 1 aromatic carbocycles. The van der Waals surface area contributed by atoms with Crippen LogP contribution in [0, 0.1) is 10.1 Å². The lowest BCUT2D eigenvalue weighted by Gasteiger charge is -2.14. The largest absolute Gasteiger partial charge is 0.377 e. The van der Waals surface area contributed by atoms with Crippen molar-refractivity contribution in [3.8, 4) is 0 Å². The van der Waals surface area contributed by atoms with E-state index in [0.717, 1.165) is 12.8 Å². The highest BCUT2D eigenvalue weighted by atomic mass is 35.5. The maximum absolute atomic E-state index is 11.0. The van der Waals surface area contributed by atoms with Gasteiger partial charge in [0.2, 0.25) is 0 Å². The highest BCUT2D eigenvalue weighted by molar-refractivity contribution is 7.99. The highest BCUT2D eigenvalue weighted by Gasteiger charge is 2.25. The zero-order valence-corrected chi connectivity index (χ0v) is 11.6. The van der Waals surface area contributed by atoms with Gasteiger partial charge >= 0.3 is 0 Å². The molecular weight excluding hydrogens is 272 g/mol. The van der Waals surface area contributed by atoms with Gasteiger partial charge in [0.05, 0.1) is 4.92 Å². The summed E-state index contributed by atoms with van der Waals surface area (Å²) in [5, 5.41) is 15.3. The predicted molar refractivity (Wildman–Crippen MR) is 76.7 cm³/mol. The Labute approximate surface area is 115 Å². The van der Waals surface area contributed by atoms with Gasteiger partial charge in [-0.3, -0.25) is 10.1 Å². The minimum Gasteiger partial charge on any atom is -0.377 e. The summed E-state index contributed by atoms with van der Waals surface area (Å²) in [6.07, 6.45) is 5.39. The molecule has 1 saturated carbocycles. The van der Waals surface area contributed by atoms with Crippen LogP contribution in [0.3, 0.4) is 0 Å². The Bertz CT molecular complexity index is 456. The van der Waals surface area contributed by atoms with E-state index in [-0.39, 0.29) is 5.69 Å². The van der Waals surface area contributed by atoms with Gasteiger partial charge in [-0.1, -0.05) is 11.6 Å². The molecule has 0 saturated heterocycles. The number of thioether (sulfide) groups is 1. The molecule has 0 heterocycles. The van der Waals surface area contributed by atoms with E-state index in [4.69, 9.17) is 11.6 Å². The summed E-state index contributed by atoms with van der Waals surface area (Å²) in [4.78, 5) is 10.6. The average molecular weight is 287 g/mol. The number of nitrogens with one attached hydrogen (secondary N) is 1. The molecular formula is C12H15ClN2O2S. The first-order valence-electron chi connectivity index (χ1n) is 5.83. The predicted octanol–water partition coefficient (Wildman–Crippen LogP) is 3.94. The monoisotopic (exact) mass is 286 g/mol. The molecule has 0 amide bonds. The van der Waals surface area contributed by atoms with Crippen LogP contribution in [-0.2, 0) is 0 Å². The Morgan fingerprint density at radius 3 is 2.89 bits per heavy atom. The lowest BCUT2D eigenvalue weighted by Crippen LogP contribution is -2.16. The first-order valence-corrected chi connectivity index (χ1v) is 7.50. The van der Waals surface area contributed by atoms with Gasteiger partial charge in [-0.2, -0.15) is 11.8 Å². The van der Waals surface area contributed by atoms with Crippen molar-refractivity contribution < 1.29 is 4.92 Å². The molecule has 1 fully saturated rings. The summed E-state index contributed by atoms with van der Waals surface area (Å²) >= 11 is 7.65. The quantitative estimate of drug-likeness (QED) is 0.673. The number of anilines is 1. The first-order chi connectivity index (χ1) is 8.60. The molecule has 4 nitrogen and oxygen atoms in total. The third-order valence-corrected chi connectivity index (χ3v) is 4.56. The molecule has 1 aliphatic rings. The molecule has 98 valence electrons. The molecule has 2 atom stereocenters. The minimum absolute atomic E-state index is 0.0510. The normalized spacial score (nSPS) is 23.0. The van der Waals surface area contributed by atoms with Crippen molar-refractivity contribution in [2.24, 2.45) is 0 Å². The van der Waals surface area contributed by atoms with E-state index in [1.807, 2.05) is 11.8 Å². The van der Waals surface area contributed by atoms with Crippen molar-refractivity contribution in [2.45, 2.75) is 30.6 Å². The van der Waals surface area contributed by atoms with E-state index in [1.165, 1.54) is 12.5 Å². The molecule has 0 radical (unpaired) electrons. The Hall–Kier alpha value is -0.940. The van der Waals surface area contributed by atoms with E-state index in [1.54, 1.807) is 12.1 Å². The van der Waals surface area contributed by atoms with E-state index in [9.17, 15) is 10.1 Å². The van der Waals surface area contributed by atoms with Crippen LogP contribution in [0.4, 0.5) is 11.4 Å². The molecule has 1 N–H and O–H groups in total. The summed E-state index contributed by atoms with van der Waals surface area (Å²) in [6.45, 7) is 0. The van der Waals surface area contributed by atoms with Gasteiger partial charge in [0.15, 0.2) is 0 Å². The number of hydrogen-bond donors (Lipinski definition) is 1. The second-order valence-electron chi connectivity index (χ2n) is 4.43. The maximum atomic E-state index is 11.0. The molecule has 1 aromatic rings. The zero-order chi connectivity index (χ0) is 13.1. The van der Waals surface area contributed by atoms with Crippen LogP contribution < -0.4 is 5.32 Å². The number of nitrogens with zero attached hydrogens (tertiary/aromatic N) is 1. The molecule has 0 bridgehead atoms. The molecule has 6 heteroatoms. The number of hydrogen-bond acceptors (Lipinski definition) is 4. The van der Waals surface area contributed by atoms with Crippen LogP contribution in [0.5, 0.6) is 0 Å². The number of rotatable bonds is 4. The van der Waals surface area contributed by atoms with Gasteiger partial charge in [0.25, 0.3) is 5.69 Å². The third kappa shape index (κ3) is 3.09. The van der Waals surface area contributed by atoms with Gasteiger partial charge in [0, 0.05) is 22.4 Å². The number of benzene rings is 1. The lowest BCUT2D eigenvalue weighted by atomic mass is 10.2. The topological polar surface area (TPSA) is 55.2 Å². The number of halogens is 1. The fraction of sp³-hybridized carbons (Fsp3) is 0.500. The smallest absolute Gasteiger partial charge is 0.293 e. The highest BCUT2D eigenvalue weighted by Crippen LogP contribution is 2.33. The van der Waals surface area contributed by atoms with Gasteiger partial charge in [-0.15, -0.1) is 0 Å². The Morgan fingerprint density at radius 2 is 2.28 bits per heavy atom. The zero-order valence-electron chi connectivity index (χ0n) is 10.1. The Kier molecular flexibility index (Phi) is 4.35. The molecule has 0 aliphatic heterocycles. The summed E-state index contributed by atoms with van der Waals surface area (Å²) in [5.74, 6) is 0. The molecule has 0 spiro atoms.